The molecule has 0 radical (unpaired) electrons. The van der Waals surface area contributed by atoms with Crippen molar-refractivity contribution in [2.45, 2.75) is 44.5 Å². The normalized spacial score (nSPS) is 26.8. The minimum absolute atomic E-state index is 0.0208. The first-order valence-electron chi connectivity index (χ1n) is 7.92. The van der Waals surface area contributed by atoms with Crippen LogP contribution >= 0.6 is 0 Å². The molecule has 8 heteroatoms. The highest BCUT2D eigenvalue weighted by molar-refractivity contribution is 5.79. The summed E-state index contributed by atoms with van der Waals surface area (Å²) in [5.74, 6) is 0.416. The first kappa shape index (κ1) is 17.3. The van der Waals surface area contributed by atoms with Gasteiger partial charge in [-0.1, -0.05) is 0 Å². The number of guanidine groups is 1. The average Bonchev–Trinajstić information content (AvgIpc) is 2.91. The molecule has 2 aliphatic heterocycles. The van der Waals surface area contributed by atoms with Gasteiger partial charge in [0, 0.05) is 25.7 Å². The van der Waals surface area contributed by atoms with Gasteiger partial charge in [0.2, 0.25) is 0 Å². The third-order valence-electron chi connectivity index (χ3n) is 3.96. The van der Waals surface area contributed by atoms with Crippen molar-refractivity contribution in [1.29, 1.82) is 0 Å². The van der Waals surface area contributed by atoms with E-state index in [4.69, 9.17) is 4.74 Å². The molecule has 0 bridgehead atoms. The Kier molecular flexibility index (Phi) is 6.31. The van der Waals surface area contributed by atoms with Crippen molar-refractivity contribution in [2.24, 2.45) is 4.99 Å². The fourth-order valence-electron chi connectivity index (χ4n) is 2.85. The van der Waals surface area contributed by atoms with E-state index in [1.54, 1.807) is 0 Å². The summed E-state index contributed by atoms with van der Waals surface area (Å²) in [5, 5.41) is 5.67. The van der Waals surface area contributed by atoms with E-state index in [1.165, 1.54) is 12.8 Å². The SMILES string of the molecule is CCNC(=NCC1CN2CCCC2CO1)NCCC(F)(F)F. The molecule has 0 aromatic heterocycles. The number of hydrogen-bond donors (Lipinski definition) is 2. The second-order valence-corrected chi connectivity index (χ2v) is 5.76. The number of nitrogens with zero attached hydrogens (tertiary/aromatic N) is 2. The van der Waals surface area contributed by atoms with E-state index in [1.807, 2.05) is 6.92 Å². The summed E-state index contributed by atoms with van der Waals surface area (Å²) in [7, 11) is 0. The van der Waals surface area contributed by atoms with Crippen LogP contribution in [0.25, 0.3) is 0 Å². The van der Waals surface area contributed by atoms with E-state index in [-0.39, 0.29) is 12.6 Å². The highest BCUT2D eigenvalue weighted by atomic mass is 19.4. The maximum absolute atomic E-state index is 12.2. The van der Waals surface area contributed by atoms with Gasteiger partial charge in [-0.05, 0) is 26.3 Å². The number of hydrogen-bond acceptors (Lipinski definition) is 3. The number of ether oxygens (including phenoxy) is 1. The Labute approximate surface area is 129 Å². The van der Waals surface area contributed by atoms with Gasteiger partial charge >= 0.3 is 6.18 Å². The largest absolute Gasteiger partial charge is 0.390 e. The third kappa shape index (κ3) is 5.64. The monoisotopic (exact) mass is 322 g/mol. The van der Waals surface area contributed by atoms with E-state index in [0.717, 1.165) is 19.7 Å². The molecule has 2 fully saturated rings. The van der Waals surface area contributed by atoms with E-state index in [2.05, 4.69) is 20.5 Å². The lowest BCUT2D eigenvalue weighted by Crippen LogP contribution is -2.47. The van der Waals surface area contributed by atoms with E-state index < -0.39 is 12.6 Å². The van der Waals surface area contributed by atoms with Crippen molar-refractivity contribution in [2.75, 3.05) is 39.3 Å². The van der Waals surface area contributed by atoms with Gasteiger partial charge in [-0.3, -0.25) is 9.89 Å². The van der Waals surface area contributed by atoms with Crippen molar-refractivity contribution >= 4 is 5.96 Å². The quantitative estimate of drug-likeness (QED) is 0.593. The van der Waals surface area contributed by atoms with Crippen LogP contribution in [0, 0.1) is 0 Å². The lowest BCUT2D eigenvalue weighted by Gasteiger charge is -2.34. The van der Waals surface area contributed by atoms with Crippen molar-refractivity contribution in [3.05, 3.63) is 0 Å². The molecule has 0 aromatic carbocycles. The predicted octanol–water partition coefficient (Wildman–Crippen LogP) is 1.36. The van der Waals surface area contributed by atoms with Crippen LogP contribution in [0.1, 0.15) is 26.2 Å². The highest BCUT2D eigenvalue weighted by Gasteiger charge is 2.32. The Morgan fingerprint density at radius 2 is 2.18 bits per heavy atom. The summed E-state index contributed by atoms with van der Waals surface area (Å²) in [6, 6.07) is 0.540. The second kappa shape index (κ2) is 8.01. The molecule has 0 aromatic rings. The Balaban J connectivity index is 1.76. The van der Waals surface area contributed by atoms with Crippen LogP contribution in [-0.4, -0.2) is 68.5 Å². The zero-order valence-electron chi connectivity index (χ0n) is 13.0. The van der Waals surface area contributed by atoms with Crippen LogP contribution < -0.4 is 10.6 Å². The zero-order chi connectivity index (χ0) is 16.0. The number of rotatable bonds is 5. The van der Waals surface area contributed by atoms with Crippen LogP contribution in [0.15, 0.2) is 4.99 Å². The molecule has 2 aliphatic rings. The van der Waals surface area contributed by atoms with Crippen molar-refractivity contribution < 1.29 is 17.9 Å². The first-order chi connectivity index (χ1) is 10.5. The van der Waals surface area contributed by atoms with Crippen LogP contribution in [0.3, 0.4) is 0 Å². The Morgan fingerprint density at radius 3 is 2.91 bits per heavy atom. The molecule has 0 saturated carbocycles. The maximum atomic E-state index is 12.2. The Hall–Kier alpha value is -1.02. The summed E-state index contributed by atoms with van der Waals surface area (Å²) in [6.45, 7) is 5.48. The summed E-state index contributed by atoms with van der Waals surface area (Å²) in [6.07, 6.45) is -2.59. The van der Waals surface area contributed by atoms with E-state index in [9.17, 15) is 13.2 Å². The molecule has 0 spiro atoms. The summed E-state index contributed by atoms with van der Waals surface area (Å²) in [5.41, 5.74) is 0. The summed E-state index contributed by atoms with van der Waals surface area (Å²) in [4.78, 5) is 6.77. The third-order valence-corrected chi connectivity index (χ3v) is 3.96. The standard InChI is InChI=1S/C14H25F3N4O/c1-2-18-13(19-6-5-14(15,16)17)20-8-12-9-21-7-3-4-11(21)10-22-12/h11-12H,2-10H2,1H3,(H2,18,19,20). The molecule has 2 atom stereocenters. The molecular formula is C14H25F3N4O. The maximum Gasteiger partial charge on any atom is 0.390 e. The molecule has 128 valence electrons. The number of nitrogens with one attached hydrogen (secondary N) is 2. The predicted molar refractivity (Wildman–Crippen MR) is 79.0 cm³/mol. The fraction of sp³-hybridized carbons (Fsp3) is 0.929. The first-order valence-corrected chi connectivity index (χ1v) is 7.92. The number of fused-ring (bicyclic) bond motifs is 1. The molecule has 2 N–H and O–H groups in total. The van der Waals surface area contributed by atoms with Crippen LogP contribution in [0.5, 0.6) is 0 Å². The Bertz CT molecular complexity index is 376. The van der Waals surface area contributed by atoms with E-state index >= 15 is 0 Å². The van der Waals surface area contributed by atoms with Gasteiger partial charge in [0.15, 0.2) is 5.96 Å². The van der Waals surface area contributed by atoms with Gasteiger partial charge in [-0.2, -0.15) is 13.2 Å². The van der Waals surface area contributed by atoms with Crippen molar-refractivity contribution in [1.82, 2.24) is 15.5 Å². The number of alkyl halides is 3. The molecule has 0 amide bonds. The van der Waals surface area contributed by atoms with Gasteiger partial charge in [0.05, 0.1) is 25.7 Å². The minimum atomic E-state index is -4.15. The van der Waals surface area contributed by atoms with Gasteiger partial charge in [0.25, 0.3) is 0 Å². The molecule has 2 rings (SSSR count). The number of morpholine rings is 1. The van der Waals surface area contributed by atoms with Crippen LogP contribution in [0.4, 0.5) is 13.2 Å². The highest BCUT2D eigenvalue weighted by Crippen LogP contribution is 2.22. The topological polar surface area (TPSA) is 48.9 Å². The lowest BCUT2D eigenvalue weighted by molar-refractivity contribution is -0.132. The van der Waals surface area contributed by atoms with E-state index in [0.29, 0.717) is 25.1 Å². The number of halogens is 3. The van der Waals surface area contributed by atoms with Gasteiger partial charge in [-0.25, -0.2) is 0 Å². The molecule has 2 unspecified atom stereocenters. The molecule has 0 aliphatic carbocycles. The zero-order valence-corrected chi connectivity index (χ0v) is 13.0. The second-order valence-electron chi connectivity index (χ2n) is 5.76. The fourth-order valence-corrected chi connectivity index (χ4v) is 2.85. The lowest BCUT2D eigenvalue weighted by atomic mass is 10.2. The van der Waals surface area contributed by atoms with Gasteiger partial charge < -0.3 is 15.4 Å². The summed E-state index contributed by atoms with van der Waals surface area (Å²) >= 11 is 0. The summed E-state index contributed by atoms with van der Waals surface area (Å²) < 4.78 is 42.3. The molecule has 22 heavy (non-hydrogen) atoms. The minimum Gasteiger partial charge on any atom is -0.373 e. The molecular weight excluding hydrogens is 297 g/mol. The van der Waals surface area contributed by atoms with Crippen molar-refractivity contribution in [3.8, 4) is 0 Å². The molecule has 5 nitrogen and oxygen atoms in total. The van der Waals surface area contributed by atoms with Crippen LogP contribution in [0.2, 0.25) is 0 Å². The van der Waals surface area contributed by atoms with Gasteiger partial charge in [0.1, 0.15) is 0 Å². The average molecular weight is 322 g/mol. The molecule has 2 saturated heterocycles. The number of aliphatic imine (C=N–C) groups is 1. The Morgan fingerprint density at radius 1 is 1.36 bits per heavy atom. The van der Waals surface area contributed by atoms with Gasteiger partial charge in [-0.15, -0.1) is 0 Å². The van der Waals surface area contributed by atoms with Crippen molar-refractivity contribution in [3.63, 3.8) is 0 Å². The smallest absolute Gasteiger partial charge is 0.373 e. The molecule has 2 heterocycles. The van der Waals surface area contributed by atoms with Crippen LogP contribution in [-0.2, 0) is 4.74 Å².